The van der Waals surface area contributed by atoms with E-state index in [0.717, 1.165) is 23.0 Å². The Bertz CT molecular complexity index is 1220. The number of benzene rings is 2. The van der Waals surface area contributed by atoms with Gasteiger partial charge in [0, 0.05) is 35.7 Å². The van der Waals surface area contributed by atoms with Gasteiger partial charge in [0.15, 0.2) is 5.70 Å². The molecule has 1 heterocycles. The number of hydrogen-bond donors (Lipinski definition) is 0. The van der Waals surface area contributed by atoms with Crippen molar-refractivity contribution in [2.75, 3.05) is 13.7 Å². The summed E-state index contributed by atoms with van der Waals surface area (Å²) >= 11 is 0. The molecule has 0 atom stereocenters. The van der Waals surface area contributed by atoms with Crippen molar-refractivity contribution in [3.63, 3.8) is 0 Å². The molecule has 1 aliphatic heterocycles. The number of allylic oxidation sites excluding steroid dienone is 3. The molecule has 2 aromatic carbocycles. The molecule has 31 heavy (non-hydrogen) atoms. The van der Waals surface area contributed by atoms with Crippen LogP contribution in [0.3, 0.4) is 0 Å². The molecular weight excluding hydrogens is 394 g/mol. The third-order valence-corrected chi connectivity index (χ3v) is 4.97. The molecule has 7 nitrogen and oxygen atoms in total. The maximum atomic E-state index is 12.6. The Morgan fingerprint density at radius 3 is 2.61 bits per heavy atom. The fraction of sp³-hybridized carbons (Fsp3) is 0.208. The summed E-state index contributed by atoms with van der Waals surface area (Å²) < 4.78 is 7.31. The van der Waals surface area contributed by atoms with Crippen LogP contribution in [0.15, 0.2) is 76.4 Å². The smallest absolute Gasteiger partial charge is 0.339 e. The van der Waals surface area contributed by atoms with Gasteiger partial charge in [-0.3, -0.25) is 15.1 Å². The zero-order valence-electron chi connectivity index (χ0n) is 17.7. The number of nitro benzene ring substituents is 1. The first kappa shape index (κ1) is 21.8. The van der Waals surface area contributed by atoms with E-state index < -0.39 is 10.9 Å². The van der Waals surface area contributed by atoms with Gasteiger partial charge in [0.25, 0.3) is 5.69 Å². The first-order valence-electron chi connectivity index (χ1n) is 9.93. The molecule has 0 radical (unpaired) electrons. The number of para-hydroxylation sites is 1. The van der Waals surface area contributed by atoms with Crippen LogP contribution in [-0.4, -0.2) is 30.8 Å². The monoisotopic (exact) mass is 418 g/mol. The van der Waals surface area contributed by atoms with Gasteiger partial charge in [-0.05, 0) is 37.6 Å². The summed E-state index contributed by atoms with van der Waals surface area (Å²) in [5.74, 6) is -0.467. The number of esters is 1. The minimum absolute atomic E-state index is 0.0158. The molecule has 2 aromatic rings. The third kappa shape index (κ3) is 5.19. The standard InChI is InChI=1S/C24H24N3O4/c1-4-31-24(28)22(16-25-19-10-13-20(14-11-19)27(29)30)17(2)15-21-12-9-18-7-5-6-8-23(18)26(21)3/h5-11,13-16H,4,12H2,1-3H3/q+1/b21-15-,22-17-,25-16?. The van der Waals surface area contributed by atoms with Gasteiger partial charge in [0.2, 0.25) is 5.36 Å². The predicted octanol–water partition coefficient (Wildman–Crippen LogP) is 3.07. The van der Waals surface area contributed by atoms with Crippen molar-refractivity contribution in [2.24, 2.45) is 4.99 Å². The second-order valence-corrected chi connectivity index (χ2v) is 7.01. The number of nitrogens with zero attached hydrogens (tertiary/aromatic N) is 3. The number of non-ortho nitro benzene ring substituents is 1. The topological polar surface area (TPSA) is 84.8 Å². The Labute approximate surface area is 180 Å². The predicted molar refractivity (Wildman–Crippen MR) is 121 cm³/mol. The SMILES string of the molecule is CCOC(=O)/C(C=Nc1ccc([N+](=O)[O-])cc1)=C(C)\C=C1\CC=c2ccccc2=[N+]1C. The van der Waals surface area contributed by atoms with E-state index in [2.05, 4.69) is 27.8 Å². The van der Waals surface area contributed by atoms with Crippen LogP contribution in [0.2, 0.25) is 0 Å². The molecule has 7 heteroatoms. The Morgan fingerprint density at radius 2 is 1.94 bits per heavy atom. The highest BCUT2D eigenvalue weighted by atomic mass is 16.6. The van der Waals surface area contributed by atoms with Crippen LogP contribution in [0.4, 0.5) is 11.4 Å². The fourth-order valence-corrected chi connectivity index (χ4v) is 3.28. The summed E-state index contributed by atoms with van der Waals surface area (Å²) in [5, 5.41) is 13.1. The number of rotatable bonds is 6. The van der Waals surface area contributed by atoms with Crippen LogP contribution in [0.1, 0.15) is 20.3 Å². The average Bonchev–Trinajstić information content (AvgIpc) is 2.76. The fourth-order valence-electron chi connectivity index (χ4n) is 3.28. The lowest BCUT2D eigenvalue weighted by molar-refractivity contribution is -0.384. The maximum absolute atomic E-state index is 12.6. The zero-order chi connectivity index (χ0) is 22.4. The summed E-state index contributed by atoms with van der Waals surface area (Å²) in [6.45, 7) is 3.84. The second kappa shape index (κ2) is 9.75. The van der Waals surface area contributed by atoms with E-state index in [1.54, 1.807) is 6.92 Å². The van der Waals surface area contributed by atoms with Crippen molar-refractivity contribution in [3.8, 4) is 0 Å². The van der Waals surface area contributed by atoms with Crippen LogP contribution < -0.4 is 15.2 Å². The number of carbonyl (C=O) groups is 1. The first-order chi connectivity index (χ1) is 14.9. The largest absolute Gasteiger partial charge is 0.462 e. The van der Waals surface area contributed by atoms with E-state index in [1.165, 1.54) is 35.7 Å². The number of ether oxygens (including phenoxy) is 1. The van der Waals surface area contributed by atoms with Crippen LogP contribution >= 0.6 is 0 Å². The summed E-state index contributed by atoms with van der Waals surface area (Å²) in [6, 6.07) is 14.0. The van der Waals surface area contributed by atoms with E-state index in [0.29, 0.717) is 11.3 Å². The molecule has 158 valence electrons. The molecule has 0 amide bonds. The minimum Gasteiger partial charge on any atom is -0.462 e. The number of nitro groups is 1. The van der Waals surface area contributed by atoms with E-state index in [-0.39, 0.29) is 12.3 Å². The Morgan fingerprint density at radius 1 is 1.23 bits per heavy atom. The maximum Gasteiger partial charge on any atom is 0.339 e. The van der Waals surface area contributed by atoms with Gasteiger partial charge in [-0.2, -0.15) is 4.58 Å². The van der Waals surface area contributed by atoms with Crippen LogP contribution in [0.25, 0.3) is 6.08 Å². The first-order valence-corrected chi connectivity index (χ1v) is 9.93. The number of hydrogen-bond acceptors (Lipinski definition) is 5. The number of fused-ring (bicyclic) bond motifs is 1. The van der Waals surface area contributed by atoms with Crippen molar-refractivity contribution < 1.29 is 14.5 Å². The molecule has 0 saturated heterocycles. The molecule has 0 saturated carbocycles. The van der Waals surface area contributed by atoms with Crippen LogP contribution in [-0.2, 0) is 9.53 Å². The molecule has 0 bridgehead atoms. The Hall–Kier alpha value is -3.87. The lowest BCUT2D eigenvalue weighted by Crippen LogP contribution is -2.40. The lowest BCUT2D eigenvalue weighted by atomic mass is 10.1. The molecule has 0 fully saturated rings. The molecule has 0 aromatic heterocycles. The van der Waals surface area contributed by atoms with Gasteiger partial charge in [-0.25, -0.2) is 4.79 Å². The van der Waals surface area contributed by atoms with E-state index >= 15 is 0 Å². The van der Waals surface area contributed by atoms with Gasteiger partial charge in [-0.15, -0.1) is 0 Å². The van der Waals surface area contributed by atoms with E-state index in [9.17, 15) is 14.9 Å². The molecule has 1 aliphatic rings. The van der Waals surface area contributed by atoms with Gasteiger partial charge >= 0.3 is 5.97 Å². The Balaban J connectivity index is 1.99. The third-order valence-electron chi connectivity index (χ3n) is 4.97. The van der Waals surface area contributed by atoms with Crippen molar-refractivity contribution in [2.45, 2.75) is 20.3 Å². The van der Waals surface area contributed by atoms with E-state index in [1.807, 2.05) is 32.2 Å². The van der Waals surface area contributed by atoms with Crippen LogP contribution in [0, 0.1) is 10.1 Å². The minimum atomic E-state index is -0.469. The normalized spacial score (nSPS) is 15.3. The van der Waals surface area contributed by atoms with Gasteiger partial charge in [-0.1, -0.05) is 18.2 Å². The molecule has 3 rings (SSSR count). The van der Waals surface area contributed by atoms with E-state index in [4.69, 9.17) is 4.74 Å². The average molecular weight is 418 g/mol. The highest BCUT2D eigenvalue weighted by molar-refractivity contribution is 6.11. The van der Waals surface area contributed by atoms with Gasteiger partial charge in [0.05, 0.1) is 29.2 Å². The quantitative estimate of drug-likeness (QED) is 0.180. The van der Waals surface area contributed by atoms with Gasteiger partial charge < -0.3 is 4.74 Å². The highest BCUT2D eigenvalue weighted by Crippen LogP contribution is 2.19. The number of carbonyl (C=O) groups excluding carboxylic acids is 1. The summed E-state index contributed by atoms with van der Waals surface area (Å²) in [7, 11) is 2.00. The summed E-state index contributed by atoms with van der Waals surface area (Å²) in [6.07, 6.45) is 6.30. The lowest BCUT2D eigenvalue weighted by Gasteiger charge is -2.08. The molecule has 0 spiro atoms. The van der Waals surface area contributed by atoms with Crippen LogP contribution in [0.5, 0.6) is 0 Å². The molecular formula is C24H24N3O4+. The Kier molecular flexibility index (Phi) is 6.87. The van der Waals surface area contributed by atoms with Crippen molar-refractivity contribution >= 4 is 29.6 Å². The molecule has 0 aliphatic carbocycles. The van der Waals surface area contributed by atoms with Crippen molar-refractivity contribution in [3.05, 3.63) is 92.1 Å². The number of aliphatic imine (C=N–C) groups is 1. The van der Waals surface area contributed by atoms with Gasteiger partial charge in [0.1, 0.15) is 7.05 Å². The molecule has 0 unspecified atom stereocenters. The highest BCUT2D eigenvalue weighted by Gasteiger charge is 2.17. The van der Waals surface area contributed by atoms with Crippen molar-refractivity contribution in [1.82, 2.24) is 4.58 Å². The summed E-state index contributed by atoms with van der Waals surface area (Å²) in [4.78, 5) is 27.2. The van der Waals surface area contributed by atoms with Crippen molar-refractivity contribution in [1.29, 1.82) is 0 Å². The summed E-state index contributed by atoms with van der Waals surface area (Å²) in [5.41, 5.74) is 2.59. The second-order valence-electron chi connectivity index (χ2n) is 7.01. The molecule has 0 N–H and O–H groups in total. The zero-order valence-corrected chi connectivity index (χ0v) is 17.7.